The fraction of sp³-hybridized carbons (Fsp3) is 0.667. The van der Waals surface area contributed by atoms with Crippen molar-refractivity contribution in [1.82, 2.24) is 15.5 Å². The van der Waals surface area contributed by atoms with Gasteiger partial charge in [0.1, 0.15) is 5.82 Å². The smallest absolute Gasteiger partial charge is 0.191 e. The lowest BCUT2D eigenvalue weighted by Crippen LogP contribution is -2.49. The van der Waals surface area contributed by atoms with Gasteiger partial charge >= 0.3 is 0 Å². The number of sulfone groups is 1. The number of nitrogens with zero attached hydrogens (tertiary/aromatic N) is 2. The van der Waals surface area contributed by atoms with E-state index in [-0.39, 0.29) is 11.6 Å². The molecule has 1 unspecified atom stereocenters. The van der Waals surface area contributed by atoms with Gasteiger partial charge in [-0.05, 0) is 48.6 Å². The quantitative estimate of drug-likeness (QED) is 0.494. The summed E-state index contributed by atoms with van der Waals surface area (Å²) in [7, 11) is -1.50. The summed E-state index contributed by atoms with van der Waals surface area (Å²) < 4.78 is 37.0. The molecule has 0 radical (unpaired) electrons. The third kappa shape index (κ3) is 8.30. The second-order valence-electron chi connectivity index (χ2n) is 8.33. The number of hydrogen-bond donors (Lipinski definition) is 2. The van der Waals surface area contributed by atoms with E-state index in [9.17, 15) is 12.8 Å². The van der Waals surface area contributed by atoms with Crippen LogP contribution in [0.3, 0.4) is 0 Å². The maximum Gasteiger partial charge on any atom is 0.191 e. The lowest BCUT2D eigenvalue weighted by molar-refractivity contribution is 0.133. The number of guanidine groups is 1. The van der Waals surface area contributed by atoms with Crippen LogP contribution in [0.4, 0.5) is 4.39 Å². The van der Waals surface area contributed by atoms with Crippen LogP contribution in [0.5, 0.6) is 0 Å². The van der Waals surface area contributed by atoms with Gasteiger partial charge in [0.05, 0.1) is 5.75 Å². The Hall–Kier alpha value is -1.67. The maximum atomic E-state index is 13.7. The van der Waals surface area contributed by atoms with Crippen LogP contribution >= 0.6 is 0 Å². The predicted molar refractivity (Wildman–Crippen MR) is 117 cm³/mol. The summed E-state index contributed by atoms with van der Waals surface area (Å²) in [6.45, 7) is 7.82. The number of rotatable bonds is 8. The topological polar surface area (TPSA) is 73.8 Å². The minimum absolute atomic E-state index is 0.109. The normalized spacial score (nSPS) is 18.8. The molecular formula is C21H35FN4O2S. The zero-order chi connectivity index (χ0) is 21.4. The van der Waals surface area contributed by atoms with Gasteiger partial charge in [0.25, 0.3) is 0 Å². The molecule has 0 spiro atoms. The van der Waals surface area contributed by atoms with Crippen molar-refractivity contribution in [3.05, 3.63) is 35.1 Å². The highest BCUT2D eigenvalue weighted by molar-refractivity contribution is 7.89. The molecule has 0 amide bonds. The lowest BCUT2D eigenvalue weighted by atomic mass is 10.0. The molecule has 1 heterocycles. The summed E-state index contributed by atoms with van der Waals surface area (Å²) in [6, 6.07) is 4.69. The van der Waals surface area contributed by atoms with E-state index in [1.807, 2.05) is 0 Å². The Kier molecular flexibility index (Phi) is 8.89. The van der Waals surface area contributed by atoms with Gasteiger partial charge in [0.2, 0.25) is 0 Å². The summed E-state index contributed by atoms with van der Waals surface area (Å²) in [4.78, 5) is 6.81. The van der Waals surface area contributed by atoms with Crippen LogP contribution in [-0.2, 0) is 22.1 Å². The molecule has 1 aromatic rings. The fourth-order valence-electron chi connectivity index (χ4n) is 3.80. The molecule has 1 aromatic carbocycles. The molecule has 2 rings (SSSR count). The van der Waals surface area contributed by atoms with Crippen molar-refractivity contribution in [2.24, 2.45) is 10.9 Å². The second-order valence-corrected chi connectivity index (χ2v) is 10.5. The number of piperidine rings is 1. The number of benzene rings is 1. The molecule has 29 heavy (non-hydrogen) atoms. The van der Waals surface area contributed by atoms with Gasteiger partial charge in [-0.1, -0.05) is 26.3 Å². The first kappa shape index (κ1) is 23.6. The van der Waals surface area contributed by atoms with Crippen LogP contribution in [0.2, 0.25) is 0 Å². The first-order chi connectivity index (χ1) is 13.7. The van der Waals surface area contributed by atoms with Gasteiger partial charge in [-0.2, -0.15) is 0 Å². The SMILES string of the molecule is CN=C(NCc1cc(F)ccc1CS(C)(=O)=O)NCC1CCCCN1CC(C)C. The number of aliphatic imine (C=N–C) groups is 1. The van der Waals surface area contributed by atoms with E-state index in [1.54, 1.807) is 7.05 Å². The number of likely N-dealkylation sites (tertiary alicyclic amines) is 1. The molecule has 1 saturated heterocycles. The number of nitrogens with one attached hydrogen (secondary N) is 2. The van der Waals surface area contributed by atoms with Crippen molar-refractivity contribution < 1.29 is 12.8 Å². The van der Waals surface area contributed by atoms with E-state index in [4.69, 9.17) is 0 Å². The van der Waals surface area contributed by atoms with Gasteiger partial charge in [-0.15, -0.1) is 0 Å². The van der Waals surface area contributed by atoms with Gasteiger partial charge in [-0.3, -0.25) is 9.89 Å². The highest BCUT2D eigenvalue weighted by atomic mass is 32.2. The Morgan fingerprint density at radius 1 is 1.28 bits per heavy atom. The summed E-state index contributed by atoms with van der Waals surface area (Å²) in [5, 5.41) is 6.57. The molecule has 0 saturated carbocycles. The Morgan fingerprint density at radius 3 is 2.69 bits per heavy atom. The van der Waals surface area contributed by atoms with Crippen molar-refractivity contribution in [2.75, 3.05) is 32.9 Å². The predicted octanol–water partition coefficient (Wildman–Crippen LogP) is 2.55. The van der Waals surface area contributed by atoms with Crippen molar-refractivity contribution >= 4 is 15.8 Å². The molecule has 0 aliphatic carbocycles. The van der Waals surface area contributed by atoms with Crippen LogP contribution in [-0.4, -0.2) is 58.3 Å². The highest BCUT2D eigenvalue weighted by Gasteiger charge is 2.23. The number of halogens is 1. The van der Waals surface area contributed by atoms with Crippen LogP contribution in [0, 0.1) is 11.7 Å². The van der Waals surface area contributed by atoms with Gasteiger partial charge in [-0.25, -0.2) is 12.8 Å². The minimum atomic E-state index is -3.20. The average Bonchev–Trinajstić information content (AvgIpc) is 2.63. The molecule has 0 aromatic heterocycles. The van der Waals surface area contributed by atoms with Crippen molar-refractivity contribution in [3.8, 4) is 0 Å². The van der Waals surface area contributed by atoms with Crippen LogP contribution in [0.15, 0.2) is 23.2 Å². The summed E-state index contributed by atoms with van der Waals surface area (Å²) in [5.74, 6) is 0.778. The van der Waals surface area contributed by atoms with E-state index in [0.29, 0.717) is 35.6 Å². The first-order valence-corrected chi connectivity index (χ1v) is 12.4. The van der Waals surface area contributed by atoms with Crippen molar-refractivity contribution in [3.63, 3.8) is 0 Å². The lowest BCUT2D eigenvalue weighted by Gasteiger charge is -2.37. The Bertz CT molecular complexity index is 796. The van der Waals surface area contributed by atoms with Gasteiger partial charge in [0.15, 0.2) is 15.8 Å². The molecule has 8 heteroatoms. The van der Waals surface area contributed by atoms with Crippen molar-refractivity contribution in [2.45, 2.75) is 51.4 Å². The highest BCUT2D eigenvalue weighted by Crippen LogP contribution is 2.18. The van der Waals surface area contributed by atoms with E-state index in [2.05, 4.69) is 34.4 Å². The zero-order valence-electron chi connectivity index (χ0n) is 18.0. The Labute approximate surface area is 174 Å². The zero-order valence-corrected chi connectivity index (χ0v) is 18.9. The van der Waals surface area contributed by atoms with E-state index in [0.717, 1.165) is 19.6 Å². The Morgan fingerprint density at radius 2 is 2.03 bits per heavy atom. The summed E-state index contributed by atoms with van der Waals surface area (Å²) in [6.07, 6.45) is 4.84. The van der Waals surface area contributed by atoms with Crippen LogP contribution in [0.1, 0.15) is 44.2 Å². The first-order valence-electron chi connectivity index (χ1n) is 10.3. The van der Waals surface area contributed by atoms with E-state index >= 15 is 0 Å². The molecule has 2 N–H and O–H groups in total. The number of hydrogen-bond acceptors (Lipinski definition) is 4. The summed E-state index contributed by atoms with van der Waals surface area (Å²) >= 11 is 0. The molecule has 0 bridgehead atoms. The third-order valence-corrected chi connectivity index (χ3v) is 5.95. The maximum absolute atomic E-state index is 13.7. The van der Waals surface area contributed by atoms with Gasteiger partial charge < -0.3 is 10.6 Å². The van der Waals surface area contributed by atoms with E-state index < -0.39 is 9.84 Å². The van der Waals surface area contributed by atoms with Crippen molar-refractivity contribution in [1.29, 1.82) is 0 Å². The average molecular weight is 427 g/mol. The third-order valence-electron chi connectivity index (χ3n) is 5.11. The molecule has 6 nitrogen and oxygen atoms in total. The second kappa shape index (κ2) is 10.9. The monoisotopic (exact) mass is 426 g/mol. The fourth-order valence-corrected chi connectivity index (χ4v) is 4.64. The minimum Gasteiger partial charge on any atom is -0.355 e. The molecule has 1 atom stereocenters. The largest absolute Gasteiger partial charge is 0.355 e. The Balaban J connectivity index is 1.96. The van der Waals surface area contributed by atoms with Gasteiger partial charge in [0, 0.05) is 39.0 Å². The van der Waals surface area contributed by atoms with Crippen LogP contribution in [0.25, 0.3) is 0 Å². The standard InChI is InChI=1S/C21H35FN4O2S/c1-16(2)14-26-10-6-5-7-20(26)13-25-21(23-3)24-12-18-11-19(22)9-8-17(18)15-29(4,27)28/h8-9,11,16,20H,5-7,10,12-15H2,1-4H3,(H2,23,24,25). The van der Waals surface area contributed by atoms with E-state index in [1.165, 1.54) is 43.7 Å². The molecule has 1 aliphatic heterocycles. The summed E-state index contributed by atoms with van der Waals surface area (Å²) in [5.41, 5.74) is 1.23. The molecular weight excluding hydrogens is 391 g/mol. The van der Waals surface area contributed by atoms with Crippen LogP contribution < -0.4 is 10.6 Å². The molecule has 1 aliphatic rings. The molecule has 164 valence electrons. The molecule has 1 fully saturated rings.